The third-order valence-corrected chi connectivity index (χ3v) is 1.38. The fraction of sp³-hybridized carbons (Fsp3) is 0.333. The van der Waals surface area contributed by atoms with E-state index in [9.17, 15) is 0 Å². The first-order valence-corrected chi connectivity index (χ1v) is 3.61. The fourth-order valence-electron chi connectivity index (χ4n) is 0.343. The number of rotatable bonds is 3. The highest BCUT2D eigenvalue weighted by Crippen LogP contribution is 2.04. The van der Waals surface area contributed by atoms with Crippen molar-refractivity contribution in [3.63, 3.8) is 0 Å². The Labute approximate surface area is 55.2 Å². The molecule has 0 unspecified atom stereocenters. The summed E-state index contributed by atoms with van der Waals surface area (Å²) in [4.78, 5) is 0. The van der Waals surface area contributed by atoms with Gasteiger partial charge in [-0.2, -0.15) is 0 Å². The van der Waals surface area contributed by atoms with Crippen LogP contribution in [0.2, 0.25) is 0 Å². The summed E-state index contributed by atoms with van der Waals surface area (Å²) in [7, 11) is 0. The van der Waals surface area contributed by atoms with Crippen LogP contribution in [0.3, 0.4) is 0 Å². The minimum Gasteiger partial charge on any atom is -0.300 e. The van der Waals surface area contributed by atoms with Gasteiger partial charge in [-0.3, -0.25) is 0 Å². The van der Waals surface area contributed by atoms with E-state index in [0.29, 0.717) is 0 Å². The van der Waals surface area contributed by atoms with Crippen molar-refractivity contribution in [1.82, 2.24) is 4.31 Å². The molecule has 0 aromatic rings. The molecule has 0 aromatic heterocycles. The van der Waals surface area contributed by atoms with Crippen molar-refractivity contribution in [2.24, 2.45) is 0 Å². The van der Waals surface area contributed by atoms with E-state index in [1.165, 1.54) is 0 Å². The summed E-state index contributed by atoms with van der Waals surface area (Å²) in [6, 6.07) is 0. The lowest BCUT2D eigenvalue weighted by molar-refractivity contribution is 0.858. The number of hydrogen-bond acceptors (Lipinski definition) is 2. The van der Waals surface area contributed by atoms with Gasteiger partial charge in [0.25, 0.3) is 0 Å². The molecule has 0 rings (SSSR count). The van der Waals surface area contributed by atoms with Crippen molar-refractivity contribution >= 4 is 11.9 Å². The van der Waals surface area contributed by atoms with E-state index in [0.717, 1.165) is 0 Å². The van der Waals surface area contributed by atoms with Crippen LogP contribution >= 0.6 is 11.9 Å². The minimum atomic E-state index is 1.62. The number of hydrogen-bond donors (Lipinski definition) is 0. The SMILES string of the molecule is C=CN(/C=C\C)SC. The molecule has 1 nitrogen and oxygen atoms in total. The largest absolute Gasteiger partial charge is 0.300 e. The monoisotopic (exact) mass is 129 g/mol. The van der Waals surface area contributed by atoms with Crippen LogP contribution < -0.4 is 0 Å². The molecule has 0 fully saturated rings. The summed E-state index contributed by atoms with van der Waals surface area (Å²) in [6.07, 6.45) is 7.70. The maximum atomic E-state index is 3.60. The van der Waals surface area contributed by atoms with E-state index in [4.69, 9.17) is 0 Å². The second-order valence-corrected chi connectivity index (χ2v) is 1.99. The van der Waals surface area contributed by atoms with E-state index in [1.54, 1.807) is 18.1 Å². The average molecular weight is 129 g/mol. The second-order valence-electron chi connectivity index (χ2n) is 1.21. The van der Waals surface area contributed by atoms with Gasteiger partial charge in [0, 0.05) is 18.7 Å². The molecule has 0 saturated carbocycles. The summed E-state index contributed by atoms with van der Waals surface area (Å²) in [5, 5.41) is 0. The van der Waals surface area contributed by atoms with Crippen molar-refractivity contribution in [2.75, 3.05) is 6.26 Å². The number of allylic oxidation sites excluding steroid dienone is 1. The predicted molar refractivity (Wildman–Crippen MR) is 40.4 cm³/mol. The van der Waals surface area contributed by atoms with Crippen LogP contribution in [0.15, 0.2) is 25.1 Å². The van der Waals surface area contributed by atoms with Gasteiger partial charge in [-0.1, -0.05) is 12.7 Å². The minimum absolute atomic E-state index is 1.62. The number of nitrogens with zero attached hydrogens (tertiary/aromatic N) is 1. The van der Waals surface area contributed by atoms with E-state index in [2.05, 4.69) is 6.58 Å². The van der Waals surface area contributed by atoms with Crippen LogP contribution in [0.1, 0.15) is 6.92 Å². The molecular weight excluding hydrogens is 118 g/mol. The Bertz CT molecular complexity index is 88.5. The first-order valence-electron chi connectivity index (χ1n) is 2.43. The molecular formula is C6H11NS. The third-order valence-electron chi connectivity index (χ3n) is 0.687. The average Bonchev–Trinajstić information content (AvgIpc) is 1.83. The summed E-state index contributed by atoms with van der Waals surface area (Å²) < 4.78 is 1.93. The Morgan fingerprint density at radius 1 is 1.62 bits per heavy atom. The summed E-state index contributed by atoms with van der Waals surface area (Å²) in [5.41, 5.74) is 0. The molecule has 0 spiro atoms. The van der Waals surface area contributed by atoms with Crippen molar-refractivity contribution in [3.05, 3.63) is 25.1 Å². The molecule has 0 N–H and O–H groups in total. The normalized spacial score (nSPS) is 9.75. The molecule has 0 heterocycles. The van der Waals surface area contributed by atoms with E-state index in [1.807, 2.05) is 29.8 Å². The molecule has 0 bridgehead atoms. The van der Waals surface area contributed by atoms with E-state index >= 15 is 0 Å². The molecule has 0 aliphatic carbocycles. The van der Waals surface area contributed by atoms with E-state index in [-0.39, 0.29) is 0 Å². The first kappa shape index (κ1) is 7.63. The van der Waals surface area contributed by atoms with Gasteiger partial charge in [0.2, 0.25) is 0 Å². The van der Waals surface area contributed by atoms with Gasteiger partial charge in [0.1, 0.15) is 0 Å². The first-order chi connectivity index (χ1) is 3.85. The lowest BCUT2D eigenvalue weighted by atomic mass is 10.7. The Kier molecular flexibility index (Phi) is 4.56. The quantitative estimate of drug-likeness (QED) is 0.538. The van der Waals surface area contributed by atoms with Gasteiger partial charge in [0.05, 0.1) is 0 Å². The molecule has 8 heavy (non-hydrogen) atoms. The Morgan fingerprint density at radius 3 is 2.38 bits per heavy atom. The van der Waals surface area contributed by atoms with Crippen LogP contribution in [0.5, 0.6) is 0 Å². The van der Waals surface area contributed by atoms with Gasteiger partial charge in [-0.05, 0) is 18.9 Å². The summed E-state index contributed by atoms with van der Waals surface area (Å²) >= 11 is 1.62. The third kappa shape index (κ3) is 2.75. The fourth-order valence-corrected chi connectivity index (χ4v) is 0.736. The van der Waals surface area contributed by atoms with Gasteiger partial charge in [-0.15, -0.1) is 0 Å². The summed E-state index contributed by atoms with van der Waals surface area (Å²) in [6.45, 7) is 5.58. The maximum Gasteiger partial charge on any atom is 0.0113 e. The van der Waals surface area contributed by atoms with Gasteiger partial charge in [0.15, 0.2) is 0 Å². The molecule has 0 aliphatic heterocycles. The topological polar surface area (TPSA) is 3.24 Å². The molecule has 0 atom stereocenters. The summed E-state index contributed by atoms with van der Waals surface area (Å²) in [5.74, 6) is 0. The van der Waals surface area contributed by atoms with Gasteiger partial charge in [-0.25, -0.2) is 0 Å². The lowest BCUT2D eigenvalue weighted by Crippen LogP contribution is -1.93. The molecule has 46 valence electrons. The van der Waals surface area contributed by atoms with Crippen LogP contribution in [0.25, 0.3) is 0 Å². The molecule has 0 amide bonds. The highest BCUT2D eigenvalue weighted by Gasteiger charge is 1.82. The molecule has 0 saturated heterocycles. The highest BCUT2D eigenvalue weighted by atomic mass is 32.2. The maximum absolute atomic E-state index is 3.60. The molecule has 0 radical (unpaired) electrons. The molecule has 0 aliphatic rings. The zero-order valence-corrected chi connectivity index (χ0v) is 6.11. The van der Waals surface area contributed by atoms with Gasteiger partial charge < -0.3 is 4.31 Å². The molecule has 0 aromatic carbocycles. The Hall–Kier alpha value is -0.370. The Balaban J connectivity index is 3.52. The van der Waals surface area contributed by atoms with Gasteiger partial charge >= 0.3 is 0 Å². The second kappa shape index (κ2) is 4.78. The van der Waals surface area contributed by atoms with E-state index < -0.39 is 0 Å². The Morgan fingerprint density at radius 2 is 2.25 bits per heavy atom. The van der Waals surface area contributed by atoms with Crippen molar-refractivity contribution in [3.8, 4) is 0 Å². The standard InChI is InChI=1S/C6H11NS/c1-4-6-7(5-2)8-3/h4-6H,2H2,1,3H3/b6-4-. The van der Waals surface area contributed by atoms with Crippen molar-refractivity contribution < 1.29 is 0 Å². The zero-order chi connectivity index (χ0) is 6.41. The lowest BCUT2D eigenvalue weighted by Gasteiger charge is -2.07. The highest BCUT2D eigenvalue weighted by molar-refractivity contribution is 7.96. The van der Waals surface area contributed by atoms with Crippen LogP contribution in [-0.2, 0) is 0 Å². The predicted octanol–water partition coefficient (Wildman–Crippen LogP) is 2.24. The molecule has 2 heteroatoms. The van der Waals surface area contributed by atoms with Crippen LogP contribution in [0.4, 0.5) is 0 Å². The van der Waals surface area contributed by atoms with Crippen molar-refractivity contribution in [2.45, 2.75) is 6.92 Å². The van der Waals surface area contributed by atoms with Crippen LogP contribution in [-0.4, -0.2) is 10.6 Å². The van der Waals surface area contributed by atoms with Crippen molar-refractivity contribution in [1.29, 1.82) is 0 Å². The zero-order valence-electron chi connectivity index (χ0n) is 5.29. The smallest absolute Gasteiger partial charge is 0.0113 e. The van der Waals surface area contributed by atoms with Crippen LogP contribution in [0, 0.1) is 0 Å².